The van der Waals surface area contributed by atoms with Crippen LogP contribution < -0.4 is 9.47 Å². The summed E-state index contributed by atoms with van der Waals surface area (Å²) in [6, 6.07) is 11.2. The van der Waals surface area contributed by atoms with Crippen molar-refractivity contribution in [2.75, 3.05) is 13.7 Å². The van der Waals surface area contributed by atoms with Crippen LogP contribution >= 0.6 is 11.6 Å². The standard InChI is InChI=1S/C24H26ClNO5/c1-5-12-26-21(16-8-6-7-9-18(16)31-14(2)3)20(23(28)24(26)29)22(27)15-10-11-17(25)19(13-15)30-4/h6-11,13-14,21,27H,5,12H2,1-4H3/b22-20-. The fourth-order valence-corrected chi connectivity index (χ4v) is 3.90. The number of para-hydroxylation sites is 1. The Hall–Kier alpha value is -2.99. The van der Waals surface area contributed by atoms with E-state index in [9.17, 15) is 14.7 Å². The number of halogens is 1. The van der Waals surface area contributed by atoms with Crippen LogP contribution in [0.2, 0.25) is 5.02 Å². The van der Waals surface area contributed by atoms with Crippen molar-refractivity contribution in [3.8, 4) is 11.5 Å². The number of rotatable bonds is 7. The summed E-state index contributed by atoms with van der Waals surface area (Å²) >= 11 is 6.10. The highest BCUT2D eigenvalue weighted by molar-refractivity contribution is 6.46. The number of hydrogen-bond acceptors (Lipinski definition) is 5. The van der Waals surface area contributed by atoms with Crippen molar-refractivity contribution in [3.63, 3.8) is 0 Å². The minimum Gasteiger partial charge on any atom is -0.507 e. The Morgan fingerprint density at radius 3 is 2.52 bits per heavy atom. The summed E-state index contributed by atoms with van der Waals surface area (Å²) in [5, 5.41) is 11.5. The van der Waals surface area contributed by atoms with Crippen LogP contribution in [0.15, 0.2) is 48.0 Å². The third kappa shape index (κ3) is 4.39. The number of methoxy groups -OCH3 is 1. The zero-order valence-corrected chi connectivity index (χ0v) is 18.8. The molecular weight excluding hydrogens is 418 g/mol. The van der Waals surface area contributed by atoms with E-state index in [0.717, 1.165) is 0 Å². The third-order valence-electron chi connectivity index (χ3n) is 5.01. The van der Waals surface area contributed by atoms with Crippen LogP contribution in [0.5, 0.6) is 11.5 Å². The number of benzene rings is 2. The van der Waals surface area contributed by atoms with Crippen molar-refractivity contribution in [2.45, 2.75) is 39.3 Å². The van der Waals surface area contributed by atoms with E-state index in [2.05, 4.69) is 0 Å². The molecule has 6 nitrogen and oxygen atoms in total. The smallest absolute Gasteiger partial charge is 0.295 e. The van der Waals surface area contributed by atoms with E-state index in [0.29, 0.717) is 40.6 Å². The monoisotopic (exact) mass is 443 g/mol. The van der Waals surface area contributed by atoms with Gasteiger partial charge in [0.2, 0.25) is 0 Å². The highest BCUT2D eigenvalue weighted by Gasteiger charge is 2.46. The summed E-state index contributed by atoms with van der Waals surface area (Å²) in [7, 11) is 1.46. The third-order valence-corrected chi connectivity index (χ3v) is 5.32. The molecule has 0 aromatic heterocycles. The minimum atomic E-state index is -0.767. The molecule has 164 valence electrons. The van der Waals surface area contributed by atoms with Crippen molar-refractivity contribution in [2.24, 2.45) is 0 Å². The number of aliphatic hydroxyl groups excluding tert-OH is 1. The molecule has 7 heteroatoms. The van der Waals surface area contributed by atoms with Crippen molar-refractivity contribution in [3.05, 3.63) is 64.2 Å². The lowest BCUT2D eigenvalue weighted by Gasteiger charge is -2.27. The number of ketones is 1. The first-order valence-electron chi connectivity index (χ1n) is 10.2. The van der Waals surface area contributed by atoms with E-state index in [1.165, 1.54) is 12.0 Å². The van der Waals surface area contributed by atoms with Gasteiger partial charge < -0.3 is 19.5 Å². The van der Waals surface area contributed by atoms with Gasteiger partial charge in [0.25, 0.3) is 11.7 Å². The Morgan fingerprint density at radius 2 is 1.87 bits per heavy atom. The van der Waals surface area contributed by atoms with Gasteiger partial charge in [0.15, 0.2) is 0 Å². The maximum absolute atomic E-state index is 13.0. The highest BCUT2D eigenvalue weighted by atomic mass is 35.5. The molecule has 31 heavy (non-hydrogen) atoms. The summed E-state index contributed by atoms with van der Waals surface area (Å²) in [4.78, 5) is 27.4. The summed E-state index contributed by atoms with van der Waals surface area (Å²) in [6.45, 7) is 6.10. The van der Waals surface area contributed by atoms with Crippen LogP contribution in [0.25, 0.3) is 5.76 Å². The SMILES string of the molecule is CCCN1C(=O)C(=O)/C(=C(\O)c2ccc(Cl)c(OC)c2)C1c1ccccc1OC(C)C. The summed E-state index contributed by atoms with van der Waals surface area (Å²) in [5.41, 5.74) is 0.997. The molecule has 2 aromatic carbocycles. The van der Waals surface area contributed by atoms with Gasteiger partial charge in [-0.15, -0.1) is 0 Å². The lowest BCUT2D eigenvalue weighted by atomic mass is 9.94. The lowest BCUT2D eigenvalue weighted by Crippen LogP contribution is -2.30. The number of likely N-dealkylation sites (tertiary alicyclic amines) is 1. The van der Waals surface area contributed by atoms with Crippen molar-refractivity contribution >= 4 is 29.1 Å². The molecule has 1 amide bonds. The molecule has 1 saturated heterocycles. The first kappa shape index (κ1) is 22.7. The highest BCUT2D eigenvalue weighted by Crippen LogP contribution is 2.43. The molecule has 0 spiro atoms. The van der Waals surface area contributed by atoms with E-state index in [-0.39, 0.29) is 17.4 Å². The lowest BCUT2D eigenvalue weighted by molar-refractivity contribution is -0.139. The average molecular weight is 444 g/mol. The molecule has 0 saturated carbocycles. The zero-order valence-electron chi connectivity index (χ0n) is 18.0. The predicted octanol–water partition coefficient (Wildman–Crippen LogP) is 4.97. The molecule has 0 aliphatic carbocycles. The van der Waals surface area contributed by atoms with Gasteiger partial charge in [-0.1, -0.05) is 36.7 Å². The molecule has 2 aromatic rings. The molecular formula is C24H26ClNO5. The molecule has 3 rings (SSSR count). The van der Waals surface area contributed by atoms with Gasteiger partial charge in [-0.05, 0) is 44.5 Å². The molecule has 0 bridgehead atoms. The number of carbonyl (C=O) groups is 2. The van der Waals surface area contributed by atoms with Crippen LogP contribution in [0.3, 0.4) is 0 Å². The molecule has 1 fully saturated rings. The van der Waals surface area contributed by atoms with Crippen LogP contribution in [0.4, 0.5) is 0 Å². The van der Waals surface area contributed by atoms with Gasteiger partial charge in [-0.3, -0.25) is 9.59 Å². The van der Waals surface area contributed by atoms with Crippen molar-refractivity contribution in [1.82, 2.24) is 4.90 Å². The second-order valence-corrected chi connectivity index (χ2v) is 7.95. The van der Waals surface area contributed by atoms with Gasteiger partial charge in [-0.2, -0.15) is 0 Å². The maximum Gasteiger partial charge on any atom is 0.295 e. The molecule has 0 radical (unpaired) electrons. The van der Waals surface area contributed by atoms with Gasteiger partial charge in [-0.25, -0.2) is 0 Å². The topological polar surface area (TPSA) is 76.1 Å². The van der Waals surface area contributed by atoms with E-state index in [4.69, 9.17) is 21.1 Å². The number of amides is 1. The quantitative estimate of drug-likeness (QED) is 0.371. The first-order chi connectivity index (χ1) is 14.8. The first-order valence-corrected chi connectivity index (χ1v) is 10.6. The number of Topliss-reactive ketones (excluding diaryl/α,β-unsaturated/α-hetero) is 1. The Kier molecular flexibility index (Phi) is 6.91. The molecule has 1 aliphatic heterocycles. The van der Waals surface area contributed by atoms with Crippen molar-refractivity contribution < 1.29 is 24.2 Å². The number of carbonyl (C=O) groups excluding carboxylic acids is 2. The normalized spacial score (nSPS) is 18.0. The Morgan fingerprint density at radius 1 is 1.16 bits per heavy atom. The van der Waals surface area contributed by atoms with Crippen LogP contribution in [-0.4, -0.2) is 41.5 Å². The van der Waals surface area contributed by atoms with Gasteiger partial charge in [0, 0.05) is 17.7 Å². The fourth-order valence-electron chi connectivity index (χ4n) is 3.71. The second-order valence-electron chi connectivity index (χ2n) is 7.55. The predicted molar refractivity (Wildman–Crippen MR) is 120 cm³/mol. The van der Waals surface area contributed by atoms with Crippen LogP contribution in [0, 0.1) is 0 Å². The van der Waals surface area contributed by atoms with E-state index < -0.39 is 17.7 Å². The Labute approximate surface area is 187 Å². The minimum absolute atomic E-state index is 0.0163. The van der Waals surface area contributed by atoms with Crippen LogP contribution in [0.1, 0.15) is 44.4 Å². The maximum atomic E-state index is 13.0. The van der Waals surface area contributed by atoms with E-state index >= 15 is 0 Å². The summed E-state index contributed by atoms with van der Waals surface area (Å²) < 4.78 is 11.2. The zero-order chi connectivity index (χ0) is 22.7. The molecule has 1 aliphatic rings. The van der Waals surface area contributed by atoms with E-state index in [1.54, 1.807) is 24.3 Å². The second kappa shape index (κ2) is 9.43. The molecule has 1 heterocycles. The summed E-state index contributed by atoms with van der Waals surface area (Å²) in [5.74, 6) is -0.743. The Balaban J connectivity index is 2.23. The number of ether oxygens (including phenoxy) is 2. The number of nitrogens with zero attached hydrogens (tertiary/aromatic N) is 1. The molecule has 1 atom stereocenters. The molecule has 1 unspecified atom stereocenters. The average Bonchev–Trinajstić information content (AvgIpc) is 2.99. The Bertz CT molecular complexity index is 1030. The summed E-state index contributed by atoms with van der Waals surface area (Å²) in [6.07, 6.45) is 0.557. The van der Waals surface area contributed by atoms with Gasteiger partial charge in [0.05, 0.1) is 29.9 Å². The largest absolute Gasteiger partial charge is 0.507 e. The fraction of sp³-hybridized carbons (Fsp3) is 0.333. The van der Waals surface area contributed by atoms with Crippen molar-refractivity contribution in [1.29, 1.82) is 0 Å². The van der Waals surface area contributed by atoms with E-state index in [1.807, 2.05) is 39.0 Å². The number of aliphatic hydroxyl groups is 1. The van der Waals surface area contributed by atoms with Gasteiger partial charge >= 0.3 is 0 Å². The number of hydrogen-bond donors (Lipinski definition) is 1. The molecule has 1 N–H and O–H groups in total. The van der Waals surface area contributed by atoms with Gasteiger partial charge in [0.1, 0.15) is 17.3 Å². The van der Waals surface area contributed by atoms with Crippen LogP contribution in [-0.2, 0) is 9.59 Å².